The van der Waals surface area contributed by atoms with Crippen LogP contribution in [0.3, 0.4) is 0 Å². The lowest BCUT2D eigenvalue weighted by molar-refractivity contribution is -0.120. The van der Waals surface area contributed by atoms with E-state index in [2.05, 4.69) is 10.2 Å². The summed E-state index contributed by atoms with van der Waals surface area (Å²) in [5.41, 5.74) is 1.50. The van der Waals surface area contributed by atoms with E-state index in [1.165, 1.54) is 6.07 Å². The van der Waals surface area contributed by atoms with Crippen LogP contribution in [0.5, 0.6) is 0 Å². The van der Waals surface area contributed by atoms with Gasteiger partial charge >= 0.3 is 0 Å². The van der Waals surface area contributed by atoms with Crippen molar-refractivity contribution in [3.63, 3.8) is 0 Å². The molecule has 2 rings (SSSR count). The van der Waals surface area contributed by atoms with Crippen molar-refractivity contribution < 1.29 is 9.18 Å². The summed E-state index contributed by atoms with van der Waals surface area (Å²) in [6.45, 7) is 1.39. The van der Waals surface area contributed by atoms with Crippen molar-refractivity contribution >= 4 is 23.2 Å². The molecule has 1 N–H and O–H groups in total. The molecular weight excluding hydrogens is 315 g/mol. The van der Waals surface area contributed by atoms with Crippen molar-refractivity contribution in [3.05, 3.63) is 64.9 Å². The SMILES string of the molecule is CN(CCCNC(=O)Cc1ccc(Cl)cc1F)c1ccccc1. The fraction of sp³-hybridized carbons (Fsp3) is 0.278. The fourth-order valence-corrected chi connectivity index (χ4v) is 2.41. The number of anilines is 1. The highest BCUT2D eigenvalue weighted by Crippen LogP contribution is 2.15. The number of benzene rings is 2. The number of carbonyl (C=O) groups is 1. The van der Waals surface area contributed by atoms with Crippen molar-refractivity contribution in [2.24, 2.45) is 0 Å². The summed E-state index contributed by atoms with van der Waals surface area (Å²) in [4.78, 5) is 14.0. The second-order valence-corrected chi connectivity index (χ2v) is 5.81. The summed E-state index contributed by atoms with van der Waals surface area (Å²) in [6, 6.07) is 14.4. The summed E-state index contributed by atoms with van der Waals surface area (Å²) in [6.07, 6.45) is 0.845. The molecule has 2 aromatic carbocycles. The van der Waals surface area contributed by atoms with Crippen molar-refractivity contribution in [1.29, 1.82) is 0 Å². The molecule has 0 bridgehead atoms. The minimum absolute atomic E-state index is 0.0253. The number of hydrogen-bond acceptors (Lipinski definition) is 2. The molecule has 0 heterocycles. The molecule has 0 aliphatic rings. The minimum Gasteiger partial charge on any atom is -0.375 e. The van der Waals surface area contributed by atoms with E-state index in [4.69, 9.17) is 11.6 Å². The van der Waals surface area contributed by atoms with Crippen LogP contribution in [0.15, 0.2) is 48.5 Å². The second kappa shape index (κ2) is 8.53. The van der Waals surface area contributed by atoms with Crippen LogP contribution >= 0.6 is 11.6 Å². The lowest BCUT2D eigenvalue weighted by Gasteiger charge is -2.19. The van der Waals surface area contributed by atoms with E-state index in [0.29, 0.717) is 17.1 Å². The second-order valence-electron chi connectivity index (χ2n) is 5.37. The first-order chi connectivity index (χ1) is 11.1. The first-order valence-corrected chi connectivity index (χ1v) is 7.91. The zero-order chi connectivity index (χ0) is 16.7. The van der Waals surface area contributed by atoms with E-state index in [9.17, 15) is 9.18 Å². The Hall–Kier alpha value is -2.07. The monoisotopic (exact) mass is 334 g/mol. The maximum Gasteiger partial charge on any atom is 0.224 e. The van der Waals surface area contributed by atoms with Gasteiger partial charge < -0.3 is 10.2 Å². The molecule has 2 aromatic rings. The van der Waals surface area contributed by atoms with Crippen LogP contribution in [0.1, 0.15) is 12.0 Å². The van der Waals surface area contributed by atoms with E-state index in [1.54, 1.807) is 12.1 Å². The Labute approximate surface area is 141 Å². The minimum atomic E-state index is -0.448. The average Bonchev–Trinajstić information content (AvgIpc) is 2.55. The smallest absolute Gasteiger partial charge is 0.224 e. The van der Waals surface area contributed by atoms with Gasteiger partial charge in [0.15, 0.2) is 0 Å². The van der Waals surface area contributed by atoms with E-state index in [0.717, 1.165) is 18.7 Å². The van der Waals surface area contributed by atoms with Crippen LogP contribution in [0.25, 0.3) is 0 Å². The topological polar surface area (TPSA) is 32.3 Å². The molecule has 23 heavy (non-hydrogen) atoms. The Morgan fingerprint density at radius 1 is 1.22 bits per heavy atom. The molecule has 0 fully saturated rings. The Morgan fingerprint density at radius 2 is 1.96 bits per heavy atom. The largest absolute Gasteiger partial charge is 0.375 e. The van der Waals surface area contributed by atoms with Gasteiger partial charge in [0.25, 0.3) is 0 Å². The summed E-state index contributed by atoms with van der Waals surface area (Å²) >= 11 is 5.69. The van der Waals surface area contributed by atoms with Crippen molar-refractivity contribution in [1.82, 2.24) is 5.32 Å². The van der Waals surface area contributed by atoms with Crippen molar-refractivity contribution in [3.8, 4) is 0 Å². The van der Waals surface area contributed by atoms with Gasteiger partial charge in [0, 0.05) is 30.8 Å². The molecule has 0 spiro atoms. The molecule has 0 atom stereocenters. The van der Waals surface area contributed by atoms with Gasteiger partial charge in [-0.3, -0.25) is 4.79 Å². The molecule has 3 nitrogen and oxygen atoms in total. The van der Waals surface area contributed by atoms with Gasteiger partial charge in [-0.25, -0.2) is 4.39 Å². The summed E-state index contributed by atoms with van der Waals surface area (Å²) in [7, 11) is 2.01. The predicted molar refractivity (Wildman–Crippen MR) is 92.5 cm³/mol. The number of rotatable bonds is 7. The summed E-state index contributed by atoms with van der Waals surface area (Å²) < 4.78 is 13.6. The molecule has 0 saturated carbocycles. The van der Waals surface area contributed by atoms with Crippen LogP contribution in [-0.4, -0.2) is 26.0 Å². The third kappa shape index (κ3) is 5.57. The highest BCUT2D eigenvalue weighted by atomic mass is 35.5. The quantitative estimate of drug-likeness (QED) is 0.784. The van der Waals surface area contributed by atoms with E-state index in [-0.39, 0.29) is 12.3 Å². The standard InChI is InChI=1S/C18H20ClFN2O/c1-22(16-6-3-2-4-7-16)11-5-10-21-18(23)12-14-8-9-15(19)13-17(14)20/h2-4,6-9,13H,5,10-12H2,1H3,(H,21,23). The maximum absolute atomic E-state index is 13.6. The van der Waals surface area contributed by atoms with Gasteiger partial charge in [-0.1, -0.05) is 35.9 Å². The molecule has 0 unspecified atom stereocenters. The van der Waals surface area contributed by atoms with Gasteiger partial charge in [-0.15, -0.1) is 0 Å². The molecule has 1 amide bonds. The molecule has 0 aliphatic carbocycles. The molecule has 0 aromatic heterocycles. The molecule has 0 radical (unpaired) electrons. The first-order valence-electron chi connectivity index (χ1n) is 7.53. The Bertz CT molecular complexity index is 649. The predicted octanol–water partition coefficient (Wildman–Crippen LogP) is 3.66. The van der Waals surface area contributed by atoms with Gasteiger partial charge in [0.05, 0.1) is 6.42 Å². The highest BCUT2D eigenvalue weighted by Gasteiger charge is 2.08. The van der Waals surface area contributed by atoms with Crippen molar-refractivity contribution in [2.45, 2.75) is 12.8 Å². The van der Waals surface area contributed by atoms with Crippen LogP contribution < -0.4 is 10.2 Å². The summed E-state index contributed by atoms with van der Waals surface area (Å²) in [5.74, 6) is -0.634. The first kappa shape index (κ1) is 17.3. The zero-order valence-electron chi connectivity index (χ0n) is 13.1. The average molecular weight is 335 g/mol. The third-order valence-corrected chi connectivity index (χ3v) is 3.79. The number of carbonyl (C=O) groups excluding carboxylic acids is 1. The number of nitrogens with zero attached hydrogens (tertiary/aromatic N) is 1. The van der Waals surface area contributed by atoms with E-state index in [1.807, 2.05) is 37.4 Å². The lowest BCUT2D eigenvalue weighted by atomic mass is 10.1. The molecule has 122 valence electrons. The highest BCUT2D eigenvalue weighted by molar-refractivity contribution is 6.30. The van der Waals surface area contributed by atoms with Gasteiger partial charge in [-0.05, 0) is 36.2 Å². The third-order valence-electron chi connectivity index (χ3n) is 3.56. The van der Waals surface area contributed by atoms with Crippen LogP contribution in [0.4, 0.5) is 10.1 Å². The normalized spacial score (nSPS) is 10.4. The number of amides is 1. The fourth-order valence-electron chi connectivity index (χ4n) is 2.26. The Morgan fingerprint density at radius 3 is 2.65 bits per heavy atom. The van der Waals surface area contributed by atoms with E-state index < -0.39 is 5.82 Å². The molecule has 0 aliphatic heterocycles. The van der Waals surface area contributed by atoms with Gasteiger partial charge in [0.2, 0.25) is 5.91 Å². The lowest BCUT2D eigenvalue weighted by Crippen LogP contribution is -2.29. The van der Waals surface area contributed by atoms with Crippen molar-refractivity contribution in [2.75, 3.05) is 25.0 Å². The van der Waals surface area contributed by atoms with Gasteiger partial charge in [0.1, 0.15) is 5.82 Å². The van der Waals surface area contributed by atoms with Gasteiger partial charge in [-0.2, -0.15) is 0 Å². The number of para-hydroxylation sites is 1. The van der Waals surface area contributed by atoms with Crippen LogP contribution in [0.2, 0.25) is 5.02 Å². The van der Waals surface area contributed by atoms with Crippen LogP contribution in [-0.2, 0) is 11.2 Å². The Kier molecular flexibility index (Phi) is 6.41. The molecular formula is C18H20ClFN2O. The summed E-state index contributed by atoms with van der Waals surface area (Å²) in [5, 5.41) is 3.14. The maximum atomic E-state index is 13.6. The number of halogens is 2. The Balaban J connectivity index is 1.71. The van der Waals surface area contributed by atoms with Crippen LogP contribution in [0, 0.1) is 5.82 Å². The molecule has 0 saturated heterocycles. The number of hydrogen-bond donors (Lipinski definition) is 1. The molecule has 5 heteroatoms. The number of nitrogens with one attached hydrogen (secondary N) is 1. The zero-order valence-corrected chi connectivity index (χ0v) is 13.8. The van der Waals surface area contributed by atoms with E-state index >= 15 is 0 Å².